The quantitative estimate of drug-likeness (QED) is 0.678. The van der Waals surface area contributed by atoms with Gasteiger partial charge in [0.25, 0.3) is 5.91 Å². The zero-order valence-electron chi connectivity index (χ0n) is 16.4. The van der Waals surface area contributed by atoms with Crippen molar-refractivity contribution in [2.75, 3.05) is 12.0 Å². The highest BCUT2D eigenvalue weighted by Crippen LogP contribution is 2.38. The minimum atomic E-state index is -0.277. The van der Waals surface area contributed by atoms with Gasteiger partial charge in [-0.15, -0.1) is 0 Å². The number of phenolic OH excluding ortho intramolecular Hbond substituents is 2. The normalized spacial score (nSPS) is 15.7. The SMILES string of the molecule is COc1ccccc1-c1ccc2c(c1)CC[C@H](C)N2C(=O)c1ccc(O)cc1O. The molecule has 0 fully saturated rings. The summed E-state index contributed by atoms with van der Waals surface area (Å²) in [6.45, 7) is 2.01. The third-order valence-corrected chi connectivity index (χ3v) is 5.46. The van der Waals surface area contributed by atoms with Gasteiger partial charge in [-0.25, -0.2) is 0 Å². The molecule has 0 saturated heterocycles. The molecule has 0 bridgehead atoms. The summed E-state index contributed by atoms with van der Waals surface area (Å²) in [6, 6.07) is 18.0. The minimum absolute atomic E-state index is 0.000291. The number of ether oxygens (including phenoxy) is 1. The standard InChI is InChI=1S/C24H23NO4/c1-15-7-8-17-13-16(19-5-3-4-6-23(19)29-2)9-12-21(17)25(15)24(28)20-11-10-18(26)14-22(20)27/h3-6,9-15,26-27H,7-8H2,1-2H3/t15-/m0/s1. The zero-order valence-corrected chi connectivity index (χ0v) is 16.4. The number of carbonyl (C=O) groups excluding carboxylic acids is 1. The van der Waals surface area contributed by atoms with Crippen LogP contribution in [0.15, 0.2) is 60.7 Å². The van der Waals surface area contributed by atoms with Crippen LogP contribution >= 0.6 is 0 Å². The molecule has 4 rings (SSSR count). The maximum atomic E-state index is 13.2. The Labute approximate surface area is 169 Å². The number of nitrogens with zero attached hydrogens (tertiary/aromatic N) is 1. The zero-order chi connectivity index (χ0) is 20.5. The van der Waals surface area contributed by atoms with Crippen LogP contribution in [0.3, 0.4) is 0 Å². The summed E-state index contributed by atoms with van der Waals surface area (Å²) in [7, 11) is 1.66. The van der Waals surface area contributed by atoms with Crippen LogP contribution in [0.4, 0.5) is 5.69 Å². The van der Waals surface area contributed by atoms with Crippen LogP contribution in [-0.4, -0.2) is 29.3 Å². The van der Waals surface area contributed by atoms with Crippen LogP contribution in [0.25, 0.3) is 11.1 Å². The van der Waals surface area contributed by atoms with E-state index < -0.39 is 0 Å². The third-order valence-electron chi connectivity index (χ3n) is 5.46. The predicted octanol–water partition coefficient (Wildman–Crippen LogP) is 4.75. The second-order valence-corrected chi connectivity index (χ2v) is 7.31. The van der Waals surface area contributed by atoms with E-state index in [1.54, 1.807) is 12.0 Å². The van der Waals surface area contributed by atoms with Gasteiger partial charge < -0.3 is 19.8 Å². The molecule has 3 aromatic carbocycles. The van der Waals surface area contributed by atoms with Crippen molar-refractivity contribution in [3.8, 4) is 28.4 Å². The molecule has 148 valence electrons. The van der Waals surface area contributed by atoms with E-state index in [2.05, 4.69) is 6.07 Å². The molecule has 1 aliphatic heterocycles. The Morgan fingerprint density at radius 1 is 1.07 bits per heavy atom. The summed E-state index contributed by atoms with van der Waals surface area (Å²) in [5.41, 5.74) is 4.15. The highest BCUT2D eigenvalue weighted by molar-refractivity contribution is 6.09. The number of fused-ring (bicyclic) bond motifs is 1. The minimum Gasteiger partial charge on any atom is -0.508 e. The number of anilines is 1. The van der Waals surface area contributed by atoms with Crippen molar-refractivity contribution >= 4 is 11.6 Å². The van der Waals surface area contributed by atoms with Gasteiger partial charge >= 0.3 is 0 Å². The highest BCUT2D eigenvalue weighted by Gasteiger charge is 2.30. The van der Waals surface area contributed by atoms with Crippen LogP contribution in [0.1, 0.15) is 29.3 Å². The molecule has 1 amide bonds. The molecular formula is C24H23NO4. The number of rotatable bonds is 3. The van der Waals surface area contributed by atoms with Crippen molar-refractivity contribution in [1.82, 2.24) is 0 Å². The lowest BCUT2D eigenvalue weighted by Crippen LogP contribution is -2.42. The number of para-hydroxylation sites is 1. The van der Waals surface area contributed by atoms with E-state index >= 15 is 0 Å². The fraction of sp³-hybridized carbons (Fsp3) is 0.208. The van der Waals surface area contributed by atoms with E-state index in [0.29, 0.717) is 0 Å². The van der Waals surface area contributed by atoms with Crippen LogP contribution in [0.2, 0.25) is 0 Å². The Hall–Kier alpha value is -3.47. The number of aryl methyl sites for hydroxylation is 1. The molecule has 1 heterocycles. The topological polar surface area (TPSA) is 70.0 Å². The van der Waals surface area contributed by atoms with Gasteiger partial charge in [0.2, 0.25) is 0 Å². The van der Waals surface area contributed by atoms with E-state index in [4.69, 9.17) is 4.74 Å². The highest BCUT2D eigenvalue weighted by atomic mass is 16.5. The largest absolute Gasteiger partial charge is 0.508 e. The summed E-state index contributed by atoms with van der Waals surface area (Å²) in [6.07, 6.45) is 1.69. The summed E-state index contributed by atoms with van der Waals surface area (Å²) >= 11 is 0. The molecule has 1 atom stereocenters. The number of hydrogen-bond acceptors (Lipinski definition) is 4. The van der Waals surface area contributed by atoms with E-state index in [1.807, 2.05) is 43.3 Å². The smallest absolute Gasteiger partial charge is 0.262 e. The Balaban J connectivity index is 1.75. The molecule has 0 radical (unpaired) electrons. The third kappa shape index (κ3) is 3.40. The molecule has 3 aromatic rings. The lowest BCUT2D eigenvalue weighted by molar-refractivity contribution is 0.0972. The maximum absolute atomic E-state index is 13.2. The van der Waals surface area contributed by atoms with E-state index in [1.165, 1.54) is 18.2 Å². The van der Waals surface area contributed by atoms with Crippen molar-refractivity contribution < 1.29 is 19.7 Å². The van der Waals surface area contributed by atoms with Crippen molar-refractivity contribution in [2.45, 2.75) is 25.8 Å². The summed E-state index contributed by atoms with van der Waals surface area (Å²) < 4.78 is 5.49. The fourth-order valence-electron chi connectivity index (χ4n) is 3.94. The van der Waals surface area contributed by atoms with Gasteiger partial charge in [-0.3, -0.25) is 4.79 Å². The molecule has 2 N–H and O–H groups in total. The fourth-order valence-corrected chi connectivity index (χ4v) is 3.94. The van der Waals surface area contributed by atoms with Crippen LogP contribution in [-0.2, 0) is 6.42 Å². The first-order valence-electron chi connectivity index (χ1n) is 9.61. The summed E-state index contributed by atoms with van der Waals surface area (Å²) in [5, 5.41) is 19.7. The van der Waals surface area contributed by atoms with Gasteiger partial charge in [0.15, 0.2) is 0 Å². The molecule has 29 heavy (non-hydrogen) atoms. The Morgan fingerprint density at radius 3 is 2.62 bits per heavy atom. The number of methoxy groups -OCH3 is 1. The number of carbonyl (C=O) groups is 1. The molecule has 0 aromatic heterocycles. The van der Waals surface area contributed by atoms with Crippen LogP contribution < -0.4 is 9.64 Å². The maximum Gasteiger partial charge on any atom is 0.262 e. The Bertz CT molecular complexity index is 1080. The molecule has 0 spiro atoms. The van der Waals surface area contributed by atoms with Crippen molar-refractivity contribution in [1.29, 1.82) is 0 Å². The number of phenols is 2. The first kappa shape index (κ1) is 18.9. The molecule has 5 nitrogen and oxygen atoms in total. The molecule has 5 heteroatoms. The van der Waals surface area contributed by atoms with Gasteiger partial charge in [-0.05, 0) is 61.2 Å². The molecule has 0 saturated carbocycles. The molecular weight excluding hydrogens is 366 g/mol. The van der Waals surface area contributed by atoms with Crippen molar-refractivity contribution in [3.05, 3.63) is 71.8 Å². The van der Waals surface area contributed by atoms with Gasteiger partial charge in [0.05, 0.1) is 12.7 Å². The Kier molecular flexibility index (Phi) is 4.89. The predicted molar refractivity (Wildman–Crippen MR) is 113 cm³/mol. The average molecular weight is 389 g/mol. The number of amides is 1. The lowest BCUT2D eigenvalue weighted by Gasteiger charge is -2.36. The monoisotopic (exact) mass is 389 g/mol. The first-order chi connectivity index (χ1) is 14.0. The second-order valence-electron chi connectivity index (χ2n) is 7.31. The number of aromatic hydroxyl groups is 2. The first-order valence-corrected chi connectivity index (χ1v) is 9.61. The molecule has 0 unspecified atom stereocenters. The van der Waals surface area contributed by atoms with Crippen molar-refractivity contribution in [3.63, 3.8) is 0 Å². The van der Waals surface area contributed by atoms with E-state index in [-0.39, 0.29) is 29.0 Å². The second kappa shape index (κ2) is 7.51. The van der Waals surface area contributed by atoms with Gasteiger partial charge in [-0.2, -0.15) is 0 Å². The van der Waals surface area contributed by atoms with E-state index in [0.717, 1.165) is 41.0 Å². The number of benzene rings is 3. The lowest BCUT2D eigenvalue weighted by atomic mass is 9.92. The van der Waals surface area contributed by atoms with E-state index in [9.17, 15) is 15.0 Å². The number of hydrogen-bond donors (Lipinski definition) is 2. The summed E-state index contributed by atoms with van der Waals surface area (Å²) in [5.74, 6) is 0.229. The van der Waals surface area contributed by atoms with Crippen LogP contribution in [0.5, 0.6) is 17.2 Å². The van der Waals surface area contributed by atoms with Gasteiger partial charge in [0, 0.05) is 23.4 Å². The van der Waals surface area contributed by atoms with Crippen LogP contribution in [0, 0.1) is 0 Å². The average Bonchev–Trinajstić information content (AvgIpc) is 2.73. The van der Waals surface area contributed by atoms with Gasteiger partial charge in [0.1, 0.15) is 17.2 Å². The molecule has 1 aliphatic rings. The molecule has 0 aliphatic carbocycles. The summed E-state index contributed by atoms with van der Waals surface area (Å²) in [4.78, 5) is 15.0. The van der Waals surface area contributed by atoms with Gasteiger partial charge in [-0.1, -0.05) is 24.3 Å². The Morgan fingerprint density at radius 2 is 1.86 bits per heavy atom. The van der Waals surface area contributed by atoms with Crippen molar-refractivity contribution in [2.24, 2.45) is 0 Å².